The minimum Gasteiger partial charge on any atom is -0.504 e. The van der Waals surface area contributed by atoms with E-state index in [2.05, 4.69) is 15.4 Å². The minimum atomic E-state index is -0.825. The van der Waals surface area contributed by atoms with Gasteiger partial charge in [0.25, 0.3) is 11.8 Å². The number of aromatic hydroxyl groups is 3. The molecule has 0 radical (unpaired) electrons. The van der Waals surface area contributed by atoms with E-state index in [1.807, 2.05) is 0 Å². The number of hydrogen-bond acceptors (Lipinski definition) is 8. The number of phenols is 3. The second kappa shape index (κ2) is 10.6. The molecule has 0 aromatic heterocycles. The van der Waals surface area contributed by atoms with Gasteiger partial charge in [-0.15, -0.1) is 0 Å². The molecule has 0 saturated carbocycles. The molecule has 2 aromatic carbocycles. The number of ether oxygens (including phenoxy) is 2. The van der Waals surface area contributed by atoms with Crippen LogP contribution in [-0.4, -0.2) is 53.0 Å². The highest BCUT2D eigenvalue weighted by molar-refractivity contribution is 5.95. The Morgan fingerprint density at radius 1 is 0.867 bits per heavy atom. The Balaban J connectivity index is 1.73. The third kappa shape index (κ3) is 6.30. The molecule has 0 fully saturated rings. The lowest BCUT2D eigenvalue weighted by atomic mass is 10.1. The molecule has 2 rings (SSSR count). The molecule has 0 saturated heterocycles. The number of benzene rings is 2. The summed E-state index contributed by atoms with van der Waals surface area (Å²) >= 11 is 0. The van der Waals surface area contributed by atoms with Gasteiger partial charge in [0.1, 0.15) is 5.75 Å². The van der Waals surface area contributed by atoms with E-state index in [4.69, 9.17) is 4.74 Å². The zero-order valence-corrected chi connectivity index (χ0v) is 16.2. The summed E-state index contributed by atoms with van der Waals surface area (Å²) in [5.41, 5.74) is 0.349. The van der Waals surface area contributed by atoms with E-state index < -0.39 is 29.3 Å². The molecule has 5 N–H and O–H groups in total. The van der Waals surface area contributed by atoms with Crippen LogP contribution in [0, 0.1) is 0 Å². The summed E-state index contributed by atoms with van der Waals surface area (Å²) in [6.07, 6.45) is -0.396. The molecule has 10 nitrogen and oxygen atoms in total. The fourth-order valence-corrected chi connectivity index (χ4v) is 2.35. The van der Waals surface area contributed by atoms with E-state index >= 15 is 0 Å². The van der Waals surface area contributed by atoms with E-state index in [0.29, 0.717) is 12.0 Å². The maximum atomic E-state index is 12.1. The lowest BCUT2D eigenvalue weighted by Gasteiger charge is -2.09. The van der Waals surface area contributed by atoms with Crippen molar-refractivity contribution in [3.8, 4) is 23.0 Å². The van der Waals surface area contributed by atoms with Crippen LogP contribution < -0.4 is 15.4 Å². The second-order valence-electron chi connectivity index (χ2n) is 6.04. The van der Waals surface area contributed by atoms with Crippen molar-refractivity contribution in [1.29, 1.82) is 0 Å². The van der Waals surface area contributed by atoms with Gasteiger partial charge >= 0.3 is 6.16 Å². The number of hydrogen-bond donors (Lipinski definition) is 5. The number of amides is 2. The first kappa shape index (κ1) is 22.3. The summed E-state index contributed by atoms with van der Waals surface area (Å²) in [6.45, 7) is 2.36. The zero-order chi connectivity index (χ0) is 22.1. The monoisotopic (exact) mass is 418 g/mol. The fraction of sp³-hybridized carbons (Fsp3) is 0.250. The van der Waals surface area contributed by atoms with Gasteiger partial charge in [0, 0.05) is 24.2 Å². The maximum Gasteiger partial charge on any atom is 0.513 e. The van der Waals surface area contributed by atoms with Gasteiger partial charge in [-0.1, -0.05) is 0 Å². The molecule has 0 unspecified atom stereocenters. The summed E-state index contributed by atoms with van der Waals surface area (Å²) in [5.74, 6) is -2.55. The van der Waals surface area contributed by atoms with Gasteiger partial charge in [0.05, 0.1) is 6.61 Å². The molecule has 160 valence electrons. The third-order valence-corrected chi connectivity index (χ3v) is 3.84. The summed E-state index contributed by atoms with van der Waals surface area (Å²) in [6, 6.07) is 7.98. The van der Waals surface area contributed by atoms with E-state index in [1.54, 1.807) is 6.92 Å². The Morgan fingerprint density at radius 3 is 1.93 bits per heavy atom. The lowest BCUT2D eigenvalue weighted by Crippen LogP contribution is -2.29. The number of carbonyl (C=O) groups is 3. The number of carbonyl (C=O) groups excluding carboxylic acids is 3. The van der Waals surface area contributed by atoms with Crippen LogP contribution in [0.4, 0.5) is 4.79 Å². The normalized spacial score (nSPS) is 10.2. The number of nitrogens with one attached hydrogen (secondary N) is 2. The molecular weight excluding hydrogens is 396 g/mol. The van der Waals surface area contributed by atoms with Crippen LogP contribution in [-0.2, 0) is 4.74 Å². The SMILES string of the molecule is CCOC(=O)Oc1ccc(C(=O)NCCCNC(=O)c2cc(O)c(O)c(O)c2)cc1. The van der Waals surface area contributed by atoms with Crippen LogP contribution in [0.3, 0.4) is 0 Å². The van der Waals surface area contributed by atoms with Gasteiger partial charge in [0.15, 0.2) is 17.2 Å². The molecule has 0 heterocycles. The number of phenolic OH excluding ortho intramolecular Hbond substituents is 3. The molecular formula is C20H22N2O8. The Kier molecular flexibility index (Phi) is 7.86. The zero-order valence-electron chi connectivity index (χ0n) is 16.2. The summed E-state index contributed by atoms with van der Waals surface area (Å²) in [7, 11) is 0. The van der Waals surface area contributed by atoms with Crippen molar-refractivity contribution in [3.63, 3.8) is 0 Å². The van der Waals surface area contributed by atoms with Crippen LogP contribution >= 0.6 is 0 Å². The molecule has 0 aliphatic rings. The Morgan fingerprint density at radius 2 is 1.40 bits per heavy atom. The molecule has 0 aliphatic heterocycles. The summed E-state index contributed by atoms with van der Waals surface area (Å²) < 4.78 is 9.56. The lowest BCUT2D eigenvalue weighted by molar-refractivity contribution is 0.0950. The van der Waals surface area contributed by atoms with Crippen molar-refractivity contribution in [1.82, 2.24) is 10.6 Å². The molecule has 0 spiro atoms. The van der Waals surface area contributed by atoms with E-state index in [1.165, 1.54) is 24.3 Å². The van der Waals surface area contributed by atoms with Gasteiger partial charge in [0.2, 0.25) is 0 Å². The first-order valence-electron chi connectivity index (χ1n) is 9.07. The van der Waals surface area contributed by atoms with Crippen LogP contribution in [0.15, 0.2) is 36.4 Å². The molecule has 2 amide bonds. The average molecular weight is 418 g/mol. The first-order chi connectivity index (χ1) is 14.3. The highest BCUT2D eigenvalue weighted by Crippen LogP contribution is 2.35. The van der Waals surface area contributed by atoms with Gasteiger partial charge in [-0.3, -0.25) is 9.59 Å². The highest BCUT2D eigenvalue weighted by atomic mass is 16.7. The fourth-order valence-electron chi connectivity index (χ4n) is 2.35. The Labute approximate surface area is 172 Å². The van der Waals surface area contributed by atoms with Gasteiger partial charge in [-0.05, 0) is 49.7 Å². The van der Waals surface area contributed by atoms with E-state index in [0.717, 1.165) is 12.1 Å². The van der Waals surface area contributed by atoms with Gasteiger partial charge in [-0.25, -0.2) is 4.79 Å². The minimum absolute atomic E-state index is 0.0167. The van der Waals surface area contributed by atoms with E-state index in [9.17, 15) is 29.7 Å². The standard InChI is InChI=1S/C20H22N2O8/c1-2-29-20(28)30-14-6-4-12(5-7-14)18(26)21-8-3-9-22-19(27)13-10-15(23)17(25)16(24)11-13/h4-7,10-11,23-25H,2-3,8-9H2,1H3,(H,21,26)(H,22,27). The van der Waals surface area contributed by atoms with Crippen molar-refractivity contribution in [2.45, 2.75) is 13.3 Å². The topological polar surface area (TPSA) is 154 Å². The Bertz CT molecular complexity index is 889. The van der Waals surface area contributed by atoms with Crippen molar-refractivity contribution >= 4 is 18.0 Å². The molecule has 0 bridgehead atoms. The average Bonchev–Trinajstić information content (AvgIpc) is 2.71. The maximum absolute atomic E-state index is 12.1. The quantitative estimate of drug-likeness (QED) is 0.188. The van der Waals surface area contributed by atoms with Crippen molar-refractivity contribution in [3.05, 3.63) is 47.5 Å². The smallest absolute Gasteiger partial charge is 0.504 e. The van der Waals surface area contributed by atoms with Crippen LogP contribution in [0.5, 0.6) is 23.0 Å². The van der Waals surface area contributed by atoms with Crippen molar-refractivity contribution < 1.29 is 39.2 Å². The second-order valence-corrected chi connectivity index (χ2v) is 6.04. The highest BCUT2D eigenvalue weighted by Gasteiger charge is 2.13. The van der Waals surface area contributed by atoms with Gasteiger partial charge in [-0.2, -0.15) is 0 Å². The molecule has 10 heteroatoms. The molecule has 0 atom stereocenters. The van der Waals surface area contributed by atoms with Crippen LogP contribution in [0.25, 0.3) is 0 Å². The van der Waals surface area contributed by atoms with E-state index in [-0.39, 0.29) is 36.9 Å². The molecule has 2 aromatic rings. The van der Waals surface area contributed by atoms with Crippen molar-refractivity contribution in [2.24, 2.45) is 0 Å². The summed E-state index contributed by atoms with van der Waals surface area (Å²) in [5, 5.41) is 33.4. The Hall–Kier alpha value is -3.95. The van der Waals surface area contributed by atoms with Gasteiger partial charge < -0.3 is 35.4 Å². The first-order valence-corrected chi connectivity index (χ1v) is 9.07. The van der Waals surface area contributed by atoms with Crippen LogP contribution in [0.1, 0.15) is 34.1 Å². The third-order valence-electron chi connectivity index (χ3n) is 3.84. The predicted molar refractivity (Wildman–Crippen MR) is 105 cm³/mol. The van der Waals surface area contributed by atoms with Crippen LogP contribution in [0.2, 0.25) is 0 Å². The van der Waals surface area contributed by atoms with Crippen molar-refractivity contribution in [2.75, 3.05) is 19.7 Å². The molecule has 30 heavy (non-hydrogen) atoms. The predicted octanol–water partition coefficient (Wildman–Crippen LogP) is 1.89. The number of rotatable bonds is 8. The summed E-state index contributed by atoms with van der Waals surface area (Å²) in [4.78, 5) is 35.3. The largest absolute Gasteiger partial charge is 0.513 e. The molecule has 0 aliphatic carbocycles.